The molecule has 9 heteroatoms. The summed E-state index contributed by atoms with van der Waals surface area (Å²) in [5.74, 6) is -1.26. The summed E-state index contributed by atoms with van der Waals surface area (Å²) in [7, 11) is 1.22. The largest absolute Gasteiger partial charge is 0.466 e. The van der Waals surface area contributed by atoms with E-state index in [1.54, 1.807) is 23.1 Å². The van der Waals surface area contributed by atoms with Gasteiger partial charge in [-0.15, -0.1) is 0 Å². The molecule has 0 aliphatic carbocycles. The summed E-state index contributed by atoms with van der Waals surface area (Å²) < 4.78 is 4.76. The molecule has 0 saturated heterocycles. The molecule has 1 aromatic rings. The van der Waals surface area contributed by atoms with Crippen molar-refractivity contribution >= 4 is 35.1 Å². The molecule has 1 aromatic carbocycles. The van der Waals surface area contributed by atoms with Crippen molar-refractivity contribution in [3.63, 3.8) is 0 Å². The molecule has 0 unspecified atom stereocenters. The number of esters is 1. The Hall–Kier alpha value is -2.58. The molecule has 0 saturated carbocycles. The second-order valence-electron chi connectivity index (χ2n) is 6.09. The van der Waals surface area contributed by atoms with Crippen molar-refractivity contribution in [2.24, 2.45) is 0 Å². The molecular formula is C19H24ClN3O5. The lowest BCUT2D eigenvalue weighted by molar-refractivity contribution is -0.136. The number of methoxy groups -OCH3 is 1. The van der Waals surface area contributed by atoms with Crippen LogP contribution in [-0.2, 0) is 14.3 Å². The zero-order chi connectivity index (χ0) is 20.8. The van der Waals surface area contributed by atoms with Gasteiger partial charge in [0, 0.05) is 25.2 Å². The maximum atomic E-state index is 12.6. The normalized spacial score (nSPS) is 13.8. The van der Waals surface area contributed by atoms with Gasteiger partial charge in [0.25, 0.3) is 11.8 Å². The molecule has 1 aliphatic heterocycles. The Kier molecular flexibility index (Phi) is 7.42. The van der Waals surface area contributed by atoms with Crippen molar-refractivity contribution in [2.75, 3.05) is 45.2 Å². The van der Waals surface area contributed by atoms with Crippen molar-refractivity contribution in [3.8, 4) is 0 Å². The van der Waals surface area contributed by atoms with Crippen LogP contribution in [0.4, 0.5) is 5.69 Å². The maximum absolute atomic E-state index is 12.6. The molecule has 2 rings (SSSR count). The average Bonchev–Trinajstić information content (AvgIpc) is 3.00. The standard InChI is InChI=1S/C19H24ClN3O5/c1-4-22(5-2)17(25)12-6-7-14(20)15(10-12)21-16-13(19(27)28-3)11-23(8-9-24)18(16)26/h6-7,10,21,24H,4-5,8-9,11H2,1-3H3. The van der Waals surface area contributed by atoms with E-state index in [0.717, 1.165) is 0 Å². The molecular weight excluding hydrogens is 386 g/mol. The Bertz CT molecular complexity index is 805. The highest BCUT2D eigenvalue weighted by molar-refractivity contribution is 6.33. The van der Waals surface area contributed by atoms with E-state index in [-0.39, 0.29) is 36.9 Å². The number of hydrogen-bond donors (Lipinski definition) is 2. The highest BCUT2D eigenvalue weighted by Gasteiger charge is 2.34. The van der Waals surface area contributed by atoms with Crippen LogP contribution in [0.5, 0.6) is 0 Å². The number of amides is 2. The van der Waals surface area contributed by atoms with Crippen LogP contribution >= 0.6 is 11.6 Å². The van der Waals surface area contributed by atoms with Gasteiger partial charge in [0.05, 0.1) is 36.5 Å². The van der Waals surface area contributed by atoms with Crippen LogP contribution in [0.2, 0.25) is 5.02 Å². The number of aliphatic hydroxyl groups excluding tert-OH is 1. The van der Waals surface area contributed by atoms with Gasteiger partial charge < -0.3 is 25.0 Å². The molecule has 2 N–H and O–H groups in total. The van der Waals surface area contributed by atoms with Crippen LogP contribution in [-0.4, -0.2) is 72.6 Å². The van der Waals surface area contributed by atoms with E-state index in [0.29, 0.717) is 29.4 Å². The Balaban J connectivity index is 2.39. The Morgan fingerprint density at radius 3 is 2.57 bits per heavy atom. The maximum Gasteiger partial charge on any atom is 0.337 e. The summed E-state index contributed by atoms with van der Waals surface area (Å²) in [6, 6.07) is 4.72. The number of rotatable bonds is 8. The predicted molar refractivity (Wildman–Crippen MR) is 105 cm³/mol. The summed E-state index contributed by atoms with van der Waals surface area (Å²) in [6.07, 6.45) is 0. The number of ether oxygens (including phenoxy) is 1. The number of carbonyl (C=O) groups is 3. The summed E-state index contributed by atoms with van der Waals surface area (Å²) in [5, 5.41) is 12.3. The van der Waals surface area contributed by atoms with Crippen LogP contribution in [0, 0.1) is 0 Å². The van der Waals surface area contributed by atoms with E-state index >= 15 is 0 Å². The van der Waals surface area contributed by atoms with E-state index in [1.165, 1.54) is 12.0 Å². The monoisotopic (exact) mass is 409 g/mol. The van der Waals surface area contributed by atoms with Gasteiger partial charge in [0.2, 0.25) is 0 Å². The van der Waals surface area contributed by atoms with Crippen molar-refractivity contribution in [2.45, 2.75) is 13.8 Å². The number of nitrogens with one attached hydrogen (secondary N) is 1. The lowest BCUT2D eigenvalue weighted by Crippen LogP contribution is -2.31. The molecule has 1 aliphatic rings. The minimum Gasteiger partial charge on any atom is -0.466 e. The molecule has 0 radical (unpaired) electrons. The molecule has 28 heavy (non-hydrogen) atoms. The number of benzene rings is 1. The van der Waals surface area contributed by atoms with Crippen LogP contribution in [0.15, 0.2) is 29.5 Å². The molecule has 0 bridgehead atoms. The first-order valence-electron chi connectivity index (χ1n) is 8.95. The quantitative estimate of drug-likeness (QED) is 0.631. The minimum atomic E-state index is -0.650. The van der Waals surface area contributed by atoms with Crippen LogP contribution < -0.4 is 5.32 Å². The number of halogens is 1. The van der Waals surface area contributed by atoms with Crippen molar-refractivity contribution < 1.29 is 24.2 Å². The number of carbonyl (C=O) groups excluding carboxylic acids is 3. The smallest absolute Gasteiger partial charge is 0.337 e. The van der Waals surface area contributed by atoms with Crippen LogP contribution in [0.3, 0.4) is 0 Å². The molecule has 1 heterocycles. The van der Waals surface area contributed by atoms with Gasteiger partial charge in [0.15, 0.2) is 0 Å². The molecule has 0 fully saturated rings. The van der Waals surface area contributed by atoms with E-state index in [4.69, 9.17) is 21.4 Å². The summed E-state index contributed by atoms with van der Waals surface area (Å²) in [6.45, 7) is 4.76. The lowest BCUT2D eigenvalue weighted by Gasteiger charge is -2.19. The third-order valence-corrected chi connectivity index (χ3v) is 4.81. The second kappa shape index (κ2) is 9.57. The van der Waals surface area contributed by atoms with Gasteiger partial charge in [0.1, 0.15) is 5.70 Å². The van der Waals surface area contributed by atoms with Gasteiger partial charge in [-0.05, 0) is 32.0 Å². The first-order valence-corrected chi connectivity index (χ1v) is 9.33. The first-order chi connectivity index (χ1) is 13.4. The first kappa shape index (κ1) is 21.7. The molecule has 0 spiro atoms. The van der Waals surface area contributed by atoms with Gasteiger partial charge >= 0.3 is 5.97 Å². The fourth-order valence-electron chi connectivity index (χ4n) is 2.93. The summed E-state index contributed by atoms with van der Waals surface area (Å²) in [4.78, 5) is 40.3. The van der Waals surface area contributed by atoms with Crippen molar-refractivity contribution in [3.05, 3.63) is 40.1 Å². The highest BCUT2D eigenvalue weighted by Crippen LogP contribution is 2.29. The third-order valence-electron chi connectivity index (χ3n) is 4.48. The van der Waals surface area contributed by atoms with Gasteiger partial charge in [-0.3, -0.25) is 9.59 Å². The van der Waals surface area contributed by atoms with E-state index in [1.807, 2.05) is 13.8 Å². The number of β-amino-alcohol motifs (C(OH)–C–C–N with tert-alkyl or cyclic N) is 1. The fourth-order valence-corrected chi connectivity index (χ4v) is 3.10. The van der Waals surface area contributed by atoms with E-state index in [9.17, 15) is 14.4 Å². The van der Waals surface area contributed by atoms with Crippen LogP contribution in [0.1, 0.15) is 24.2 Å². The number of anilines is 1. The number of aliphatic hydroxyl groups is 1. The third kappa shape index (κ3) is 4.45. The zero-order valence-electron chi connectivity index (χ0n) is 16.1. The molecule has 0 atom stereocenters. The fraction of sp³-hybridized carbons (Fsp3) is 0.421. The molecule has 0 aromatic heterocycles. The van der Waals surface area contributed by atoms with Crippen molar-refractivity contribution in [1.82, 2.24) is 9.80 Å². The second-order valence-corrected chi connectivity index (χ2v) is 6.50. The summed E-state index contributed by atoms with van der Waals surface area (Å²) in [5.41, 5.74) is 0.899. The minimum absolute atomic E-state index is 0.0179. The Labute approximate surface area is 168 Å². The predicted octanol–water partition coefficient (Wildman–Crippen LogP) is 1.50. The lowest BCUT2D eigenvalue weighted by atomic mass is 10.1. The van der Waals surface area contributed by atoms with Crippen molar-refractivity contribution in [1.29, 1.82) is 0 Å². The number of hydrogen-bond acceptors (Lipinski definition) is 6. The van der Waals surface area contributed by atoms with Crippen LogP contribution in [0.25, 0.3) is 0 Å². The zero-order valence-corrected chi connectivity index (χ0v) is 16.9. The number of nitrogens with zero attached hydrogens (tertiary/aromatic N) is 2. The molecule has 152 valence electrons. The molecule has 8 nitrogen and oxygen atoms in total. The average molecular weight is 410 g/mol. The Morgan fingerprint density at radius 1 is 1.32 bits per heavy atom. The SMILES string of the molecule is CCN(CC)C(=O)c1ccc(Cl)c(NC2=C(C(=O)OC)CN(CCO)C2=O)c1. The highest BCUT2D eigenvalue weighted by atomic mass is 35.5. The molecule has 2 amide bonds. The topological polar surface area (TPSA) is 99.2 Å². The van der Waals surface area contributed by atoms with Gasteiger partial charge in [-0.1, -0.05) is 11.6 Å². The van der Waals surface area contributed by atoms with Gasteiger partial charge in [-0.25, -0.2) is 4.79 Å². The Morgan fingerprint density at radius 2 is 2.00 bits per heavy atom. The van der Waals surface area contributed by atoms with E-state index < -0.39 is 11.9 Å². The van der Waals surface area contributed by atoms with Gasteiger partial charge in [-0.2, -0.15) is 0 Å². The van der Waals surface area contributed by atoms with E-state index in [2.05, 4.69) is 5.32 Å². The summed E-state index contributed by atoms with van der Waals surface area (Å²) >= 11 is 6.24.